The number of hydrogen-bond acceptors (Lipinski definition) is 4. The summed E-state index contributed by atoms with van der Waals surface area (Å²) in [6.45, 7) is 8.27. The number of nitrogens with zero attached hydrogens (tertiary/aromatic N) is 2. The summed E-state index contributed by atoms with van der Waals surface area (Å²) in [5.74, 6) is -0.0641. The van der Waals surface area contributed by atoms with Crippen molar-refractivity contribution in [2.24, 2.45) is 0 Å². The fourth-order valence-electron chi connectivity index (χ4n) is 3.20. The SMILES string of the molecule is CC(Sc1nc2ccccc2c(=O)n1CCCc1ccccc1)C(=O)NC(C)(C)C. The highest BCUT2D eigenvalue weighted by atomic mass is 32.2. The lowest BCUT2D eigenvalue weighted by molar-refractivity contribution is -0.121. The van der Waals surface area contributed by atoms with E-state index in [1.165, 1.54) is 17.3 Å². The molecule has 1 N–H and O–H groups in total. The standard InChI is InChI=1S/C24H29N3O2S/c1-17(21(28)26-24(2,3)4)30-23-25-20-15-9-8-14-19(20)22(29)27(23)16-10-13-18-11-6-5-7-12-18/h5-9,11-12,14-15,17H,10,13,16H2,1-4H3,(H,26,28). The predicted octanol–water partition coefficient (Wildman–Crippen LogP) is 4.42. The van der Waals surface area contributed by atoms with Crippen LogP contribution in [0.4, 0.5) is 0 Å². The molecule has 0 aliphatic rings. The van der Waals surface area contributed by atoms with Gasteiger partial charge in [0.15, 0.2) is 5.16 Å². The van der Waals surface area contributed by atoms with Crippen LogP contribution in [0.25, 0.3) is 10.9 Å². The van der Waals surface area contributed by atoms with Crippen LogP contribution in [0.2, 0.25) is 0 Å². The molecular formula is C24H29N3O2S. The zero-order valence-corrected chi connectivity index (χ0v) is 18.8. The molecule has 5 nitrogen and oxygen atoms in total. The number of para-hydroxylation sites is 1. The van der Waals surface area contributed by atoms with Gasteiger partial charge in [-0.05, 0) is 58.2 Å². The third-order valence-electron chi connectivity index (χ3n) is 4.67. The Morgan fingerprint density at radius 3 is 2.47 bits per heavy atom. The Bertz CT molecular complexity index is 1070. The highest BCUT2D eigenvalue weighted by Crippen LogP contribution is 2.23. The second-order valence-electron chi connectivity index (χ2n) is 8.46. The number of benzene rings is 2. The van der Waals surface area contributed by atoms with E-state index >= 15 is 0 Å². The molecule has 0 aliphatic heterocycles. The van der Waals surface area contributed by atoms with Gasteiger partial charge in [0.05, 0.1) is 16.2 Å². The van der Waals surface area contributed by atoms with E-state index in [1.807, 2.05) is 70.2 Å². The molecule has 1 aromatic heterocycles. The molecule has 6 heteroatoms. The van der Waals surface area contributed by atoms with Crippen LogP contribution in [0, 0.1) is 0 Å². The molecule has 2 aromatic carbocycles. The first-order valence-corrected chi connectivity index (χ1v) is 11.1. The van der Waals surface area contributed by atoms with Gasteiger partial charge in [0.1, 0.15) is 0 Å². The van der Waals surface area contributed by atoms with Crippen LogP contribution in [0.15, 0.2) is 64.5 Å². The Hall–Kier alpha value is -2.60. The molecule has 0 bridgehead atoms. The van der Waals surface area contributed by atoms with E-state index in [-0.39, 0.29) is 22.3 Å². The molecular weight excluding hydrogens is 394 g/mol. The molecule has 1 heterocycles. The van der Waals surface area contributed by atoms with Crippen molar-refractivity contribution in [2.75, 3.05) is 0 Å². The average Bonchev–Trinajstić information content (AvgIpc) is 2.70. The molecule has 158 valence electrons. The van der Waals surface area contributed by atoms with E-state index in [2.05, 4.69) is 17.4 Å². The molecule has 0 radical (unpaired) electrons. The molecule has 0 fully saturated rings. The fraction of sp³-hybridized carbons (Fsp3) is 0.375. The minimum absolute atomic E-state index is 0.0559. The summed E-state index contributed by atoms with van der Waals surface area (Å²) in [6, 6.07) is 17.6. The predicted molar refractivity (Wildman–Crippen MR) is 124 cm³/mol. The number of carbonyl (C=O) groups is 1. The number of aryl methyl sites for hydroxylation is 1. The number of rotatable bonds is 7. The number of carbonyl (C=O) groups excluding carboxylic acids is 1. The van der Waals surface area contributed by atoms with Crippen LogP contribution < -0.4 is 10.9 Å². The zero-order chi connectivity index (χ0) is 21.7. The molecule has 0 saturated carbocycles. The maximum Gasteiger partial charge on any atom is 0.262 e. The number of thioether (sulfide) groups is 1. The van der Waals surface area contributed by atoms with Crippen LogP contribution in [0.5, 0.6) is 0 Å². The lowest BCUT2D eigenvalue weighted by Gasteiger charge is -2.23. The van der Waals surface area contributed by atoms with Gasteiger partial charge in [-0.3, -0.25) is 14.2 Å². The Morgan fingerprint density at radius 2 is 1.77 bits per heavy atom. The summed E-state index contributed by atoms with van der Waals surface area (Å²) < 4.78 is 1.72. The Labute approximate surface area is 181 Å². The molecule has 0 spiro atoms. The van der Waals surface area contributed by atoms with Gasteiger partial charge in [-0.1, -0.05) is 54.2 Å². The molecule has 30 heavy (non-hydrogen) atoms. The maximum atomic E-state index is 13.2. The topological polar surface area (TPSA) is 64.0 Å². The van der Waals surface area contributed by atoms with Gasteiger partial charge in [-0.25, -0.2) is 4.98 Å². The minimum atomic E-state index is -0.363. The van der Waals surface area contributed by atoms with Gasteiger partial charge in [0, 0.05) is 12.1 Å². The lowest BCUT2D eigenvalue weighted by atomic mass is 10.1. The maximum absolute atomic E-state index is 13.2. The minimum Gasteiger partial charge on any atom is -0.351 e. The van der Waals surface area contributed by atoms with Gasteiger partial charge in [-0.15, -0.1) is 0 Å². The summed E-state index contributed by atoms with van der Waals surface area (Å²) in [5, 5.41) is 3.83. The van der Waals surface area contributed by atoms with Crippen molar-refractivity contribution >= 4 is 28.6 Å². The first kappa shape index (κ1) is 22.1. The van der Waals surface area contributed by atoms with Crippen LogP contribution in [-0.2, 0) is 17.8 Å². The zero-order valence-electron chi connectivity index (χ0n) is 18.0. The van der Waals surface area contributed by atoms with Crippen molar-refractivity contribution in [3.05, 3.63) is 70.5 Å². The van der Waals surface area contributed by atoms with Crippen molar-refractivity contribution in [1.29, 1.82) is 0 Å². The van der Waals surface area contributed by atoms with Gasteiger partial charge >= 0.3 is 0 Å². The van der Waals surface area contributed by atoms with Crippen molar-refractivity contribution in [3.8, 4) is 0 Å². The largest absolute Gasteiger partial charge is 0.351 e. The third-order valence-corrected chi connectivity index (χ3v) is 5.76. The molecule has 0 aliphatic carbocycles. The molecule has 1 atom stereocenters. The van der Waals surface area contributed by atoms with E-state index in [1.54, 1.807) is 4.57 Å². The van der Waals surface area contributed by atoms with E-state index in [0.29, 0.717) is 22.6 Å². The van der Waals surface area contributed by atoms with Crippen molar-refractivity contribution in [2.45, 2.75) is 63.0 Å². The molecule has 1 unspecified atom stereocenters. The fourth-order valence-corrected chi connectivity index (χ4v) is 4.14. The number of amides is 1. The lowest BCUT2D eigenvalue weighted by Crippen LogP contribution is -2.44. The van der Waals surface area contributed by atoms with E-state index in [4.69, 9.17) is 4.98 Å². The molecule has 3 rings (SSSR count). The number of fused-ring (bicyclic) bond motifs is 1. The van der Waals surface area contributed by atoms with Crippen LogP contribution >= 0.6 is 11.8 Å². The number of nitrogens with one attached hydrogen (secondary N) is 1. The van der Waals surface area contributed by atoms with Gasteiger partial charge in [0.2, 0.25) is 5.91 Å². The van der Waals surface area contributed by atoms with Crippen LogP contribution in [0.3, 0.4) is 0 Å². The van der Waals surface area contributed by atoms with Crippen molar-refractivity contribution in [1.82, 2.24) is 14.9 Å². The highest BCUT2D eigenvalue weighted by Gasteiger charge is 2.22. The number of hydrogen-bond donors (Lipinski definition) is 1. The molecule has 3 aromatic rings. The summed E-state index contributed by atoms with van der Waals surface area (Å²) in [6.07, 6.45) is 1.70. The first-order chi connectivity index (χ1) is 14.2. The van der Waals surface area contributed by atoms with E-state index in [0.717, 1.165) is 12.8 Å². The Balaban J connectivity index is 1.86. The number of aromatic nitrogens is 2. The third kappa shape index (κ3) is 5.72. The van der Waals surface area contributed by atoms with E-state index < -0.39 is 0 Å². The average molecular weight is 424 g/mol. The monoisotopic (exact) mass is 423 g/mol. The molecule has 0 saturated heterocycles. The summed E-state index contributed by atoms with van der Waals surface area (Å²) in [5.41, 5.74) is 1.54. The highest BCUT2D eigenvalue weighted by molar-refractivity contribution is 8.00. The van der Waals surface area contributed by atoms with Crippen molar-refractivity contribution in [3.63, 3.8) is 0 Å². The normalized spacial score (nSPS) is 12.7. The first-order valence-electron chi connectivity index (χ1n) is 10.3. The molecule has 1 amide bonds. The summed E-state index contributed by atoms with van der Waals surface area (Å²) in [7, 11) is 0. The summed E-state index contributed by atoms with van der Waals surface area (Å²) in [4.78, 5) is 30.5. The second kappa shape index (κ2) is 9.47. The van der Waals surface area contributed by atoms with Gasteiger partial charge in [0.25, 0.3) is 5.56 Å². The van der Waals surface area contributed by atoms with Gasteiger partial charge < -0.3 is 5.32 Å². The van der Waals surface area contributed by atoms with Gasteiger partial charge in [-0.2, -0.15) is 0 Å². The smallest absolute Gasteiger partial charge is 0.262 e. The van der Waals surface area contributed by atoms with E-state index in [9.17, 15) is 9.59 Å². The second-order valence-corrected chi connectivity index (χ2v) is 9.76. The van der Waals surface area contributed by atoms with Crippen LogP contribution in [0.1, 0.15) is 39.7 Å². The van der Waals surface area contributed by atoms with Crippen LogP contribution in [-0.4, -0.2) is 26.2 Å². The van der Waals surface area contributed by atoms with Crippen molar-refractivity contribution < 1.29 is 4.79 Å². The Kier molecular flexibility index (Phi) is 6.98. The Morgan fingerprint density at radius 1 is 1.10 bits per heavy atom. The summed E-state index contributed by atoms with van der Waals surface area (Å²) >= 11 is 1.33. The quantitative estimate of drug-likeness (QED) is 0.451.